The van der Waals surface area contributed by atoms with E-state index < -0.39 is 28.2 Å². The Bertz CT molecular complexity index is 1580. The molecular weight excluding hydrogens is 544 g/mol. The van der Waals surface area contributed by atoms with E-state index in [1.54, 1.807) is 0 Å². The van der Waals surface area contributed by atoms with E-state index in [0.717, 1.165) is 30.0 Å². The molecule has 0 aliphatic heterocycles. The van der Waals surface area contributed by atoms with Crippen LogP contribution in [0.1, 0.15) is 63.8 Å². The molecule has 0 aromatic heterocycles. The Labute approximate surface area is 247 Å². The van der Waals surface area contributed by atoms with Crippen LogP contribution in [0.25, 0.3) is 22.3 Å². The van der Waals surface area contributed by atoms with E-state index in [1.165, 1.54) is 22.3 Å². The minimum atomic E-state index is -4.76. The standard InChI is InChI=1S/2C13H9.2C5H10O2.Ti/c2*1-3-7-12-10(5-1)9-11-6-2-4-8-13(11)12;2*1-5(2,3)4(6)7;/h2*1-5,7-8H,9H2;2*1-3H3,(H,6,7);/q;;;;+2/p-2. The Morgan fingerprint density at radius 1 is 0.537 bits per heavy atom. The average molecular weight is 581 g/mol. The van der Waals surface area contributed by atoms with Crippen LogP contribution in [0.15, 0.2) is 84.9 Å². The Balaban J connectivity index is 1.66. The summed E-state index contributed by atoms with van der Waals surface area (Å²) in [6, 6.07) is 29.1. The second kappa shape index (κ2) is 9.82. The number of benzene rings is 4. The monoisotopic (exact) mass is 580 g/mol. The molecule has 0 atom stereocenters. The number of carbonyl (C=O) groups excluding carboxylic acids is 2. The second-order valence-corrected chi connectivity index (χ2v) is 17.5. The number of hydrogen-bond acceptors (Lipinski definition) is 4. The molecule has 0 saturated heterocycles. The van der Waals surface area contributed by atoms with E-state index in [-0.39, 0.29) is 11.9 Å². The van der Waals surface area contributed by atoms with Gasteiger partial charge < -0.3 is 0 Å². The molecular formula is C36H36O4Ti. The normalized spacial score (nSPS) is 13.6. The summed E-state index contributed by atoms with van der Waals surface area (Å²) in [5.74, 6) is -0.721. The van der Waals surface area contributed by atoms with Gasteiger partial charge in [-0.3, -0.25) is 0 Å². The van der Waals surface area contributed by atoms with Crippen LogP contribution in [0.3, 0.4) is 0 Å². The van der Waals surface area contributed by atoms with Crippen molar-refractivity contribution >= 4 is 19.7 Å². The van der Waals surface area contributed by atoms with Crippen molar-refractivity contribution < 1.29 is 33.6 Å². The van der Waals surface area contributed by atoms with Gasteiger partial charge >= 0.3 is 248 Å². The maximum atomic E-state index is 13.9. The minimum absolute atomic E-state index is 0.361. The van der Waals surface area contributed by atoms with Gasteiger partial charge in [-0.2, -0.15) is 0 Å². The van der Waals surface area contributed by atoms with Crippen LogP contribution in [0.5, 0.6) is 0 Å². The number of carbonyl (C=O) groups is 2. The molecule has 4 aromatic rings. The molecule has 0 heterocycles. The van der Waals surface area contributed by atoms with Crippen molar-refractivity contribution in [2.24, 2.45) is 10.8 Å². The molecule has 5 heteroatoms. The van der Waals surface area contributed by atoms with Crippen LogP contribution in [0, 0.1) is 10.8 Å². The van der Waals surface area contributed by atoms with Gasteiger partial charge in [-0.1, -0.05) is 0 Å². The van der Waals surface area contributed by atoms with Crippen LogP contribution in [-0.2, 0) is 46.4 Å². The molecule has 2 aliphatic carbocycles. The van der Waals surface area contributed by atoms with Gasteiger partial charge in [0.25, 0.3) is 0 Å². The Kier molecular flexibility index (Phi) is 6.63. The zero-order valence-electron chi connectivity index (χ0n) is 24.6. The van der Waals surface area contributed by atoms with Gasteiger partial charge in [0.15, 0.2) is 0 Å². The predicted molar refractivity (Wildman–Crippen MR) is 160 cm³/mol. The molecule has 208 valence electrons. The van der Waals surface area contributed by atoms with Crippen LogP contribution in [0.4, 0.5) is 0 Å². The van der Waals surface area contributed by atoms with Crippen molar-refractivity contribution in [2.45, 2.75) is 54.4 Å². The molecule has 0 unspecified atom stereocenters. The van der Waals surface area contributed by atoms with Gasteiger partial charge in [0.1, 0.15) is 0 Å². The molecule has 0 fully saturated rings. The number of rotatable bonds is 4. The topological polar surface area (TPSA) is 52.6 Å². The van der Waals surface area contributed by atoms with E-state index in [4.69, 9.17) is 6.64 Å². The quantitative estimate of drug-likeness (QED) is 0.212. The fraction of sp³-hybridized carbons (Fsp3) is 0.278. The summed E-state index contributed by atoms with van der Waals surface area (Å²) in [5.41, 5.74) is 7.63. The molecule has 4 nitrogen and oxygen atoms in total. The fourth-order valence-corrected chi connectivity index (χ4v) is 11.8. The van der Waals surface area contributed by atoms with Crippen molar-refractivity contribution in [3.63, 3.8) is 0 Å². The summed E-state index contributed by atoms with van der Waals surface area (Å²) >= 11 is -4.76. The molecule has 0 radical (unpaired) electrons. The molecule has 0 N–H and O–H groups in total. The first-order valence-corrected chi connectivity index (χ1v) is 17.1. The van der Waals surface area contributed by atoms with E-state index in [0.29, 0.717) is 12.8 Å². The molecule has 4 aromatic carbocycles. The van der Waals surface area contributed by atoms with E-state index >= 15 is 0 Å². The Hall–Kier alpha value is -3.47. The summed E-state index contributed by atoms with van der Waals surface area (Å²) in [7, 11) is 0. The summed E-state index contributed by atoms with van der Waals surface area (Å²) in [4.78, 5) is 27.9. The van der Waals surface area contributed by atoms with Gasteiger partial charge in [-0.15, -0.1) is 0 Å². The third-order valence-electron chi connectivity index (χ3n) is 8.11. The first-order valence-electron chi connectivity index (χ1n) is 14.3. The van der Waals surface area contributed by atoms with Crippen LogP contribution in [-0.4, -0.2) is 11.9 Å². The first-order chi connectivity index (χ1) is 19.4. The molecule has 41 heavy (non-hydrogen) atoms. The van der Waals surface area contributed by atoms with Gasteiger partial charge in [0.2, 0.25) is 0 Å². The van der Waals surface area contributed by atoms with Crippen LogP contribution >= 0.6 is 0 Å². The number of fused-ring (bicyclic) bond motifs is 6. The molecule has 6 rings (SSSR count). The van der Waals surface area contributed by atoms with Crippen LogP contribution < -0.4 is 7.74 Å². The van der Waals surface area contributed by atoms with E-state index in [9.17, 15) is 9.59 Å². The summed E-state index contributed by atoms with van der Waals surface area (Å²) in [6.07, 6.45) is 1.40. The van der Waals surface area contributed by atoms with Crippen molar-refractivity contribution in [1.82, 2.24) is 0 Å². The molecule has 0 amide bonds. The van der Waals surface area contributed by atoms with Gasteiger partial charge in [-0.05, 0) is 0 Å². The van der Waals surface area contributed by atoms with Crippen LogP contribution in [0.2, 0.25) is 0 Å². The first kappa shape index (κ1) is 27.7. The predicted octanol–water partition coefficient (Wildman–Crippen LogP) is 6.94. The summed E-state index contributed by atoms with van der Waals surface area (Å²) in [5, 5.41) is 0. The molecule has 0 spiro atoms. The maximum absolute atomic E-state index is 13.9. The van der Waals surface area contributed by atoms with E-state index in [2.05, 4.69) is 60.7 Å². The zero-order chi connectivity index (χ0) is 29.2. The van der Waals surface area contributed by atoms with Gasteiger partial charge in [-0.25, -0.2) is 0 Å². The van der Waals surface area contributed by atoms with E-state index in [1.807, 2.05) is 65.8 Å². The Morgan fingerprint density at radius 3 is 1.29 bits per heavy atom. The number of hydrogen-bond donors (Lipinski definition) is 0. The average Bonchev–Trinajstić information content (AvgIpc) is 3.50. The van der Waals surface area contributed by atoms with Gasteiger partial charge in [0.05, 0.1) is 0 Å². The molecule has 0 bridgehead atoms. The third kappa shape index (κ3) is 4.68. The molecule has 2 aliphatic rings. The Morgan fingerprint density at radius 2 is 0.902 bits per heavy atom. The summed E-state index contributed by atoms with van der Waals surface area (Å²) < 4.78 is 15.3. The van der Waals surface area contributed by atoms with Crippen molar-refractivity contribution in [3.8, 4) is 22.3 Å². The van der Waals surface area contributed by atoms with Crippen molar-refractivity contribution in [3.05, 3.63) is 107 Å². The fourth-order valence-electron chi connectivity index (χ4n) is 5.88. The van der Waals surface area contributed by atoms with Crippen molar-refractivity contribution in [1.29, 1.82) is 0 Å². The zero-order valence-corrected chi connectivity index (χ0v) is 26.2. The summed E-state index contributed by atoms with van der Waals surface area (Å²) in [6.45, 7) is 11.1. The molecule has 0 saturated carbocycles. The SMILES string of the molecule is CC(C)(C)C(=O)[O][Ti]([O]C(=O)C(C)(C)C)([c]1cccc2c1Cc1ccccc1-2)[c]1cccc2c1Cc1ccccc1-2. The van der Waals surface area contributed by atoms with Gasteiger partial charge in [0, 0.05) is 0 Å². The second-order valence-electron chi connectivity index (χ2n) is 13.2. The third-order valence-corrected chi connectivity index (χ3v) is 13.3. The van der Waals surface area contributed by atoms with Crippen molar-refractivity contribution in [2.75, 3.05) is 0 Å².